The van der Waals surface area contributed by atoms with Crippen molar-refractivity contribution in [2.75, 3.05) is 18.0 Å². The Morgan fingerprint density at radius 1 is 1.14 bits per heavy atom. The van der Waals surface area contributed by atoms with Crippen LogP contribution in [0.3, 0.4) is 0 Å². The molecule has 2 N–H and O–H groups in total. The van der Waals surface area contributed by atoms with Crippen LogP contribution in [0, 0.1) is 6.92 Å². The van der Waals surface area contributed by atoms with E-state index in [2.05, 4.69) is 40.3 Å². The molecule has 1 atom stereocenters. The Balaban J connectivity index is 1.53. The zero-order valence-corrected chi connectivity index (χ0v) is 16.5. The van der Waals surface area contributed by atoms with Crippen molar-refractivity contribution in [3.63, 3.8) is 0 Å². The lowest BCUT2D eigenvalue weighted by molar-refractivity contribution is -0.129. The van der Waals surface area contributed by atoms with E-state index in [1.807, 2.05) is 36.1 Å². The molecular formula is C22H22N4OS. The van der Waals surface area contributed by atoms with Gasteiger partial charge in [0.1, 0.15) is 5.82 Å². The van der Waals surface area contributed by atoms with Gasteiger partial charge in [0.15, 0.2) is 5.16 Å². The molecule has 6 heteroatoms. The molecule has 0 radical (unpaired) electrons. The first-order valence-corrected chi connectivity index (χ1v) is 10.2. The molecule has 0 aliphatic carbocycles. The zero-order valence-electron chi connectivity index (χ0n) is 15.7. The van der Waals surface area contributed by atoms with Crippen LogP contribution in [0.2, 0.25) is 0 Å². The first kappa shape index (κ1) is 18.5. The summed E-state index contributed by atoms with van der Waals surface area (Å²) in [6.45, 7) is 3.18. The number of aromatic nitrogens is 2. The smallest absolute Gasteiger partial charge is 0.233 e. The standard InChI is InChI=1S/C22H22N4OS/c1-15-11-20(23)25-22(24-15)28-14-21(27)26-12-17-9-5-6-10-18(17)19(13-26)16-7-3-2-4-8-16/h2-11,19H,12-14H2,1H3,(H2,23,24,25)/t19-/m1/s1. The predicted molar refractivity (Wildman–Crippen MR) is 112 cm³/mol. The van der Waals surface area contributed by atoms with Crippen molar-refractivity contribution in [2.45, 2.75) is 24.5 Å². The molecule has 0 unspecified atom stereocenters. The molecule has 0 fully saturated rings. The molecule has 3 aromatic rings. The minimum Gasteiger partial charge on any atom is -0.384 e. The minimum absolute atomic E-state index is 0.0871. The van der Waals surface area contributed by atoms with Crippen molar-refractivity contribution in [3.8, 4) is 0 Å². The molecule has 2 heterocycles. The Morgan fingerprint density at radius 3 is 2.68 bits per heavy atom. The van der Waals surface area contributed by atoms with Crippen molar-refractivity contribution in [3.05, 3.63) is 83.0 Å². The van der Waals surface area contributed by atoms with Gasteiger partial charge in [0.25, 0.3) is 0 Å². The highest BCUT2D eigenvalue weighted by Gasteiger charge is 2.28. The number of benzene rings is 2. The lowest BCUT2D eigenvalue weighted by Crippen LogP contribution is -2.39. The van der Waals surface area contributed by atoms with Gasteiger partial charge in [0.05, 0.1) is 5.75 Å². The third-order valence-electron chi connectivity index (χ3n) is 4.93. The number of hydrogen-bond acceptors (Lipinski definition) is 5. The summed E-state index contributed by atoms with van der Waals surface area (Å²) in [5.41, 5.74) is 10.3. The molecule has 1 aromatic heterocycles. The van der Waals surface area contributed by atoms with Gasteiger partial charge >= 0.3 is 0 Å². The van der Waals surface area contributed by atoms with Crippen LogP contribution in [-0.2, 0) is 11.3 Å². The molecule has 1 aliphatic rings. The average Bonchev–Trinajstić information content (AvgIpc) is 2.71. The van der Waals surface area contributed by atoms with E-state index in [0.29, 0.717) is 29.8 Å². The van der Waals surface area contributed by atoms with E-state index in [1.54, 1.807) is 6.07 Å². The third kappa shape index (κ3) is 4.02. The molecule has 28 heavy (non-hydrogen) atoms. The van der Waals surface area contributed by atoms with Crippen molar-refractivity contribution < 1.29 is 4.79 Å². The van der Waals surface area contributed by atoms with Gasteiger partial charge in [-0.3, -0.25) is 4.79 Å². The van der Waals surface area contributed by atoms with E-state index in [4.69, 9.17) is 5.73 Å². The largest absolute Gasteiger partial charge is 0.384 e. The number of amides is 1. The number of rotatable bonds is 4. The summed E-state index contributed by atoms with van der Waals surface area (Å²) in [6.07, 6.45) is 0. The molecule has 0 spiro atoms. The Kier molecular flexibility index (Phi) is 5.30. The van der Waals surface area contributed by atoms with Crippen molar-refractivity contribution >= 4 is 23.5 Å². The summed E-state index contributed by atoms with van der Waals surface area (Å²) in [7, 11) is 0. The maximum atomic E-state index is 12.9. The summed E-state index contributed by atoms with van der Waals surface area (Å²) < 4.78 is 0. The Hall–Kier alpha value is -2.86. The molecule has 0 saturated heterocycles. The fraction of sp³-hybridized carbons (Fsp3) is 0.227. The van der Waals surface area contributed by atoms with Crippen LogP contribution in [0.5, 0.6) is 0 Å². The topological polar surface area (TPSA) is 72.1 Å². The summed E-state index contributed by atoms with van der Waals surface area (Å²) in [6, 6.07) is 20.5. The van der Waals surface area contributed by atoms with E-state index < -0.39 is 0 Å². The predicted octanol–water partition coefficient (Wildman–Crippen LogP) is 3.63. The second kappa shape index (κ2) is 8.02. The van der Waals surface area contributed by atoms with Gasteiger partial charge in [0.2, 0.25) is 5.91 Å². The lowest BCUT2D eigenvalue weighted by atomic mass is 9.85. The number of nitrogen functional groups attached to an aromatic ring is 1. The molecule has 1 aliphatic heterocycles. The zero-order chi connectivity index (χ0) is 19.5. The van der Waals surface area contributed by atoms with Gasteiger partial charge in [-0.1, -0.05) is 66.4 Å². The van der Waals surface area contributed by atoms with E-state index in [9.17, 15) is 4.79 Å². The highest BCUT2D eigenvalue weighted by Crippen LogP contribution is 2.33. The SMILES string of the molecule is Cc1cc(N)nc(SCC(=O)N2Cc3ccccc3[C@@H](c3ccccc3)C2)n1. The van der Waals surface area contributed by atoms with Crippen LogP contribution in [0.1, 0.15) is 28.3 Å². The highest BCUT2D eigenvalue weighted by molar-refractivity contribution is 7.99. The van der Waals surface area contributed by atoms with E-state index in [0.717, 1.165) is 5.69 Å². The number of carbonyl (C=O) groups is 1. The number of anilines is 1. The van der Waals surface area contributed by atoms with Gasteiger partial charge in [-0.15, -0.1) is 0 Å². The maximum absolute atomic E-state index is 12.9. The number of nitrogens with two attached hydrogens (primary N) is 1. The van der Waals surface area contributed by atoms with Crippen LogP contribution >= 0.6 is 11.8 Å². The Labute approximate surface area is 169 Å². The van der Waals surface area contributed by atoms with Gasteiger partial charge in [-0.2, -0.15) is 0 Å². The van der Waals surface area contributed by atoms with E-state index >= 15 is 0 Å². The van der Waals surface area contributed by atoms with Crippen LogP contribution < -0.4 is 5.73 Å². The van der Waals surface area contributed by atoms with Crippen LogP contribution in [0.25, 0.3) is 0 Å². The second-order valence-corrected chi connectivity index (χ2v) is 7.88. The fourth-order valence-electron chi connectivity index (χ4n) is 3.61. The summed E-state index contributed by atoms with van der Waals surface area (Å²) in [5, 5.41) is 0.544. The number of nitrogens with zero attached hydrogens (tertiary/aromatic N) is 3. The number of fused-ring (bicyclic) bond motifs is 1. The monoisotopic (exact) mass is 390 g/mol. The van der Waals surface area contributed by atoms with Crippen molar-refractivity contribution in [1.29, 1.82) is 0 Å². The molecule has 0 saturated carbocycles. The Bertz CT molecular complexity index is 973. The van der Waals surface area contributed by atoms with Crippen molar-refractivity contribution in [1.82, 2.24) is 14.9 Å². The second-order valence-electron chi connectivity index (χ2n) is 6.94. The number of carbonyl (C=O) groups excluding carboxylic acids is 1. The molecule has 4 rings (SSSR count). The Morgan fingerprint density at radius 2 is 1.89 bits per heavy atom. The highest BCUT2D eigenvalue weighted by atomic mass is 32.2. The molecule has 1 amide bonds. The molecule has 142 valence electrons. The third-order valence-corrected chi connectivity index (χ3v) is 5.76. The summed E-state index contributed by atoms with van der Waals surface area (Å²) in [5.74, 6) is 1.00. The summed E-state index contributed by atoms with van der Waals surface area (Å²) in [4.78, 5) is 23.4. The van der Waals surface area contributed by atoms with E-state index in [-0.39, 0.29) is 11.8 Å². The first-order valence-electron chi connectivity index (χ1n) is 9.24. The minimum atomic E-state index is 0.0871. The first-order chi connectivity index (χ1) is 13.6. The lowest BCUT2D eigenvalue weighted by Gasteiger charge is -2.35. The summed E-state index contributed by atoms with van der Waals surface area (Å²) >= 11 is 1.34. The fourth-order valence-corrected chi connectivity index (χ4v) is 4.43. The van der Waals surface area contributed by atoms with E-state index in [1.165, 1.54) is 28.5 Å². The number of aryl methyl sites for hydroxylation is 1. The van der Waals surface area contributed by atoms with Gasteiger partial charge < -0.3 is 10.6 Å². The van der Waals surface area contributed by atoms with Crippen molar-refractivity contribution in [2.24, 2.45) is 0 Å². The van der Waals surface area contributed by atoms with Crippen LogP contribution in [0.4, 0.5) is 5.82 Å². The quantitative estimate of drug-likeness (QED) is 0.544. The van der Waals surface area contributed by atoms with Crippen LogP contribution in [0.15, 0.2) is 65.8 Å². The number of hydrogen-bond donors (Lipinski definition) is 1. The molecule has 0 bridgehead atoms. The maximum Gasteiger partial charge on any atom is 0.233 e. The molecular weight excluding hydrogens is 368 g/mol. The average molecular weight is 391 g/mol. The molecule has 2 aromatic carbocycles. The molecule has 5 nitrogen and oxygen atoms in total. The normalized spacial score (nSPS) is 15.9. The van der Waals surface area contributed by atoms with Gasteiger partial charge in [-0.25, -0.2) is 9.97 Å². The van der Waals surface area contributed by atoms with Gasteiger partial charge in [0, 0.05) is 30.8 Å². The number of thioether (sulfide) groups is 1. The van der Waals surface area contributed by atoms with Gasteiger partial charge in [-0.05, 0) is 23.6 Å². The van der Waals surface area contributed by atoms with Crippen LogP contribution in [-0.4, -0.2) is 33.1 Å².